The molecule has 0 saturated heterocycles. The molecule has 1 aromatic carbocycles. The minimum atomic E-state index is 0.0609. The number of hydrogen-bond donors (Lipinski definition) is 3. The molecule has 1 saturated carbocycles. The highest BCUT2D eigenvalue weighted by Crippen LogP contribution is 2.31. The standard InChI is InChI=1S/C13H18BrN3O/c14-12-8-10(4-5-11(12)13(15)16)17(6-7-18)9-2-1-3-9/h4-5,8-9,18H,1-3,6-7H2,(H3,15,16). The van der Waals surface area contributed by atoms with Crippen LogP contribution < -0.4 is 10.6 Å². The van der Waals surface area contributed by atoms with Gasteiger partial charge in [-0.15, -0.1) is 0 Å². The first-order chi connectivity index (χ1) is 8.63. The van der Waals surface area contributed by atoms with Crippen LogP contribution in [0.2, 0.25) is 0 Å². The first-order valence-corrected chi connectivity index (χ1v) is 6.94. The maximum atomic E-state index is 9.17. The molecule has 4 N–H and O–H groups in total. The molecule has 1 aromatic rings. The van der Waals surface area contributed by atoms with Gasteiger partial charge in [-0.3, -0.25) is 5.41 Å². The van der Waals surface area contributed by atoms with E-state index in [2.05, 4.69) is 20.8 Å². The zero-order valence-electron chi connectivity index (χ0n) is 10.2. The summed E-state index contributed by atoms with van der Waals surface area (Å²) in [6, 6.07) is 6.33. The van der Waals surface area contributed by atoms with Crippen LogP contribution in [0.5, 0.6) is 0 Å². The molecule has 1 aliphatic carbocycles. The largest absolute Gasteiger partial charge is 0.395 e. The van der Waals surface area contributed by atoms with Crippen molar-refractivity contribution in [2.75, 3.05) is 18.1 Å². The Morgan fingerprint density at radius 2 is 2.22 bits per heavy atom. The van der Waals surface area contributed by atoms with Gasteiger partial charge in [0.05, 0.1) is 6.61 Å². The molecule has 0 aliphatic heterocycles. The lowest BCUT2D eigenvalue weighted by Crippen LogP contribution is -2.42. The molecule has 0 amide bonds. The smallest absolute Gasteiger partial charge is 0.123 e. The van der Waals surface area contributed by atoms with E-state index in [0.717, 1.165) is 10.2 Å². The summed E-state index contributed by atoms with van der Waals surface area (Å²) in [6.07, 6.45) is 3.64. The maximum absolute atomic E-state index is 9.17. The zero-order valence-corrected chi connectivity index (χ0v) is 11.8. The summed E-state index contributed by atoms with van der Waals surface area (Å²) >= 11 is 3.45. The molecule has 1 fully saturated rings. The van der Waals surface area contributed by atoms with Crippen molar-refractivity contribution in [2.24, 2.45) is 5.73 Å². The van der Waals surface area contributed by atoms with Gasteiger partial charge >= 0.3 is 0 Å². The molecule has 5 heteroatoms. The van der Waals surface area contributed by atoms with E-state index < -0.39 is 0 Å². The average molecular weight is 312 g/mol. The van der Waals surface area contributed by atoms with Gasteiger partial charge in [0.1, 0.15) is 5.84 Å². The van der Waals surface area contributed by atoms with Crippen LogP contribution in [0.3, 0.4) is 0 Å². The summed E-state index contributed by atoms with van der Waals surface area (Å²) < 4.78 is 0.828. The van der Waals surface area contributed by atoms with E-state index in [9.17, 15) is 5.11 Å². The monoisotopic (exact) mass is 311 g/mol. The van der Waals surface area contributed by atoms with Crippen molar-refractivity contribution in [3.63, 3.8) is 0 Å². The molecule has 4 nitrogen and oxygen atoms in total. The maximum Gasteiger partial charge on any atom is 0.123 e. The molecule has 0 radical (unpaired) electrons. The first-order valence-electron chi connectivity index (χ1n) is 6.15. The Labute approximate surface area is 115 Å². The van der Waals surface area contributed by atoms with Gasteiger partial charge < -0.3 is 15.7 Å². The summed E-state index contributed by atoms with van der Waals surface area (Å²) in [7, 11) is 0. The normalized spacial score (nSPS) is 15.2. The Morgan fingerprint density at radius 3 is 2.67 bits per heavy atom. The van der Waals surface area contributed by atoms with E-state index in [1.807, 2.05) is 18.2 Å². The summed E-state index contributed by atoms with van der Waals surface area (Å²) in [5, 5.41) is 16.6. The van der Waals surface area contributed by atoms with Crippen LogP contribution in [0, 0.1) is 5.41 Å². The molecular weight excluding hydrogens is 294 g/mol. The van der Waals surface area contributed by atoms with Crippen LogP contribution in [-0.4, -0.2) is 30.1 Å². The quantitative estimate of drug-likeness (QED) is 0.576. The first kappa shape index (κ1) is 13.4. The van der Waals surface area contributed by atoms with Gasteiger partial charge in [0.2, 0.25) is 0 Å². The van der Waals surface area contributed by atoms with Crippen molar-refractivity contribution in [2.45, 2.75) is 25.3 Å². The highest BCUT2D eigenvalue weighted by molar-refractivity contribution is 9.10. The summed E-state index contributed by atoms with van der Waals surface area (Å²) in [4.78, 5) is 2.23. The topological polar surface area (TPSA) is 73.3 Å². The summed E-state index contributed by atoms with van der Waals surface area (Å²) in [5.41, 5.74) is 7.28. The lowest BCUT2D eigenvalue weighted by Gasteiger charge is -2.39. The van der Waals surface area contributed by atoms with Crippen molar-refractivity contribution in [3.8, 4) is 0 Å². The van der Waals surface area contributed by atoms with Crippen molar-refractivity contribution in [1.29, 1.82) is 5.41 Å². The molecule has 0 bridgehead atoms. The lowest BCUT2D eigenvalue weighted by atomic mass is 9.91. The number of aliphatic hydroxyl groups is 1. The highest BCUT2D eigenvalue weighted by atomic mass is 79.9. The minimum Gasteiger partial charge on any atom is -0.395 e. The van der Waals surface area contributed by atoms with Gasteiger partial charge in [-0.1, -0.05) is 0 Å². The van der Waals surface area contributed by atoms with E-state index in [-0.39, 0.29) is 12.4 Å². The third-order valence-corrected chi connectivity index (χ3v) is 4.09. The fourth-order valence-electron chi connectivity index (χ4n) is 2.23. The second-order valence-electron chi connectivity index (χ2n) is 4.58. The fraction of sp³-hybridized carbons (Fsp3) is 0.462. The number of nitrogen functional groups attached to an aromatic ring is 1. The number of aliphatic hydroxyl groups excluding tert-OH is 1. The number of rotatable bonds is 5. The number of nitrogens with two attached hydrogens (primary N) is 1. The van der Waals surface area contributed by atoms with Gasteiger partial charge in [-0.2, -0.15) is 0 Å². The summed E-state index contributed by atoms with van der Waals surface area (Å²) in [6.45, 7) is 0.805. The van der Waals surface area contributed by atoms with Crippen molar-refractivity contribution < 1.29 is 5.11 Å². The van der Waals surface area contributed by atoms with Crippen LogP contribution in [-0.2, 0) is 0 Å². The Balaban J connectivity index is 2.24. The highest BCUT2D eigenvalue weighted by Gasteiger charge is 2.25. The molecule has 2 rings (SSSR count). The van der Waals surface area contributed by atoms with Crippen molar-refractivity contribution >= 4 is 27.5 Å². The Kier molecular flexibility index (Phi) is 4.24. The van der Waals surface area contributed by atoms with Crippen molar-refractivity contribution in [1.82, 2.24) is 0 Å². The van der Waals surface area contributed by atoms with Gasteiger partial charge in [0.25, 0.3) is 0 Å². The number of nitrogens with one attached hydrogen (secondary N) is 1. The number of halogens is 1. The average Bonchev–Trinajstić information content (AvgIpc) is 2.25. The minimum absolute atomic E-state index is 0.0609. The van der Waals surface area contributed by atoms with Gasteiger partial charge in [-0.25, -0.2) is 0 Å². The van der Waals surface area contributed by atoms with Crippen LogP contribution in [0.4, 0.5) is 5.69 Å². The fourth-order valence-corrected chi connectivity index (χ4v) is 2.81. The predicted molar refractivity (Wildman–Crippen MR) is 77.2 cm³/mol. The molecule has 0 spiro atoms. The molecular formula is C13H18BrN3O. The van der Waals surface area contributed by atoms with E-state index >= 15 is 0 Å². The third kappa shape index (κ3) is 2.67. The van der Waals surface area contributed by atoms with E-state index in [1.54, 1.807) is 0 Å². The van der Waals surface area contributed by atoms with Crippen molar-refractivity contribution in [3.05, 3.63) is 28.2 Å². The molecule has 0 heterocycles. The number of anilines is 1. The second kappa shape index (κ2) is 5.71. The van der Waals surface area contributed by atoms with Gasteiger partial charge in [-0.05, 0) is 53.4 Å². The van der Waals surface area contributed by atoms with Crippen LogP contribution in [0.15, 0.2) is 22.7 Å². The molecule has 0 atom stereocenters. The van der Waals surface area contributed by atoms with Crippen LogP contribution in [0.25, 0.3) is 0 Å². The third-order valence-electron chi connectivity index (χ3n) is 3.43. The second-order valence-corrected chi connectivity index (χ2v) is 5.43. The summed E-state index contributed by atoms with van der Waals surface area (Å²) in [5.74, 6) is 0.0609. The molecule has 1 aliphatic rings. The van der Waals surface area contributed by atoms with Gasteiger partial charge in [0.15, 0.2) is 0 Å². The SMILES string of the molecule is N=C(N)c1ccc(N(CCO)C2CCC2)cc1Br. The number of nitrogens with zero attached hydrogens (tertiary/aromatic N) is 1. The Morgan fingerprint density at radius 1 is 1.50 bits per heavy atom. The number of benzene rings is 1. The van der Waals surface area contributed by atoms with Crippen LogP contribution >= 0.6 is 15.9 Å². The Bertz CT molecular complexity index is 446. The van der Waals surface area contributed by atoms with Gasteiger partial charge in [0, 0.05) is 28.3 Å². The van der Waals surface area contributed by atoms with Crippen LogP contribution in [0.1, 0.15) is 24.8 Å². The molecule has 0 aromatic heterocycles. The van der Waals surface area contributed by atoms with E-state index in [0.29, 0.717) is 18.2 Å². The number of hydrogen-bond acceptors (Lipinski definition) is 3. The lowest BCUT2D eigenvalue weighted by molar-refractivity contribution is 0.283. The molecule has 98 valence electrons. The predicted octanol–water partition coefficient (Wildman–Crippen LogP) is 2.08. The van der Waals surface area contributed by atoms with E-state index in [4.69, 9.17) is 11.1 Å². The van der Waals surface area contributed by atoms with E-state index in [1.165, 1.54) is 19.3 Å². The molecule has 0 unspecified atom stereocenters. The molecule has 18 heavy (non-hydrogen) atoms. The number of amidine groups is 1. The zero-order chi connectivity index (χ0) is 13.1. The Hall–Kier alpha value is -1.07.